The number of hydrogen-bond donors (Lipinski definition) is 0. The molecular formula is C16H19Cl2N5OS. The van der Waals surface area contributed by atoms with Gasteiger partial charge in [0.05, 0.1) is 9.90 Å². The smallest absolute Gasteiger partial charge is 0.256 e. The molecule has 0 N–H and O–H groups in total. The third-order valence-corrected chi connectivity index (χ3v) is 5.51. The largest absolute Gasteiger partial charge is 0.363 e. The molecule has 134 valence electrons. The van der Waals surface area contributed by atoms with Crippen molar-refractivity contribution in [1.82, 2.24) is 14.9 Å². The molecule has 1 amide bonds. The minimum absolute atomic E-state index is 0.0769. The molecule has 25 heavy (non-hydrogen) atoms. The lowest BCUT2D eigenvalue weighted by molar-refractivity contribution is 0.0747. The molecule has 1 saturated heterocycles. The summed E-state index contributed by atoms with van der Waals surface area (Å²) in [5, 5.41) is 0. The van der Waals surface area contributed by atoms with Gasteiger partial charge in [0.1, 0.15) is 10.2 Å². The van der Waals surface area contributed by atoms with E-state index in [4.69, 9.17) is 23.2 Å². The summed E-state index contributed by atoms with van der Waals surface area (Å²) in [7, 11) is 3.91. The number of aromatic nitrogens is 2. The summed E-state index contributed by atoms with van der Waals surface area (Å²) in [6.45, 7) is 4.50. The number of carbonyl (C=O) groups excluding carboxylic acids is 1. The molecule has 0 radical (unpaired) electrons. The second-order valence-corrected chi connectivity index (χ2v) is 8.36. The molecule has 3 heterocycles. The molecule has 0 bridgehead atoms. The maximum atomic E-state index is 12.6. The van der Waals surface area contributed by atoms with Crippen LogP contribution in [0, 0.1) is 6.92 Å². The Morgan fingerprint density at radius 2 is 1.84 bits per heavy atom. The van der Waals surface area contributed by atoms with Gasteiger partial charge in [-0.25, -0.2) is 4.98 Å². The number of rotatable bonds is 3. The first-order chi connectivity index (χ1) is 11.8. The van der Waals surface area contributed by atoms with Crippen LogP contribution in [0.25, 0.3) is 0 Å². The van der Waals surface area contributed by atoms with Crippen LogP contribution in [0.5, 0.6) is 0 Å². The van der Waals surface area contributed by atoms with E-state index in [9.17, 15) is 4.79 Å². The van der Waals surface area contributed by atoms with Crippen molar-refractivity contribution in [3.8, 4) is 0 Å². The fourth-order valence-electron chi connectivity index (χ4n) is 2.67. The number of piperazine rings is 1. The van der Waals surface area contributed by atoms with Crippen LogP contribution in [-0.2, 0) is 0 Å². The highest BCUT2D eigenvalue weighted by Crippen LogP contribution is 2.32. The predicted octanol–water partition coefficient (Wildman–Crippen LogP) is 3.18. The van der Waals surface area contributed by atoms with Crippen LogP contribution in [0.1, 0.15) is 16.1 Å². The molecule has 6 nitrogen and oxygen atoms in total. The number of aryl methyl sites for hydroxylation is 1. The molecule has 3 rings (SSSR count). The molecule has 0 aromatic carbocycles. The number of amides is 1. The monoisotopic (exact) mass is 399 g/mol. The number of nitrogens with zero attached hydrogens (tertiary/aromatic N) is 5. The highest BCUT2D eigenvalue weighted by Gasteiger charge is 2.26. The van der Waals surface area contributed by atoms with Gasteiger partial charge in [-0.3, -0.25) is 4.79 Å². The van der Waals surface area contributed by atoms with Gasteiger partial charge in [-0.1, -0.05) is 23.2 Å². The number of thiophene rings is 1. The zero-order chi connectivity index (χ0) is 18.1. The van der Waals surface area contributed by atoms with Crippen molar-refractivity contribution in [2.75, 3.05) is 50.1 Å². The summed E-state index contributed by atoms with van der Waals surface area (Å²) in [5.41, 5.74) is 1.40. The molecule has 9 heteroatoms. The topological polar surface area (TPSA) is 52.6 Å². The number of hydrogen-bond acceptors (Lipinski definition) is 6. The van der Waals surface area contributed by atoms with E-state index >= 15 is 0 Å². The van der Waals surface area contributed by atoms with Crippen molar-refractivity contribution in [1.29, 1.82) is 0 Å². The van der Waals surface area contributed by atoms with Gasteiger partial charge in [-0.05, 0) is 13.0 Å². The fourth-order valence-corrected chi connectivity index (χ4v) is 4.12. The SMILES string of the molecule is Cc1cc(N(C)C)nc(N2CCN(C(=O)c3cc(Cl)sc3Cl)CC2)n1. The van der Waals surface area contributed by atoms with Gasteiger partial charge in [0.15, 0.2) is 0 Å². The maximum Gasteiger partial charge on any atom is 0.256 e. The number of anilines is 2. The highest BCUT2D eigenvalue weighted by atomic mass is 35.5. The second-order valence-electron chi connectivity index (χ2n) is 6.08. The first-order valence-electron chi connectivity index (χ1n) is 7.87. The van der Waals surface area contributed by atoms with Gasteiger partial charge in [0.2, 0.25) is 5.95 Å². The first-order valence-corrected chi connectivity index (χ1v) is 9.44. The van der Waals surface area contributed by atoms with Crippen LogP contribution >= 0.6 is 34.5 Å². The van der Waals surface area contributed by atoms with Crippen LogP contribution in [0.3, 0.4) is 0 Å². The van der Waals surface area contributed by atoms with Crippen molar-refractivity contribution in [2.45, 2.75) is 6.92 Å². The average molecular weight is 400 g/mol. The summed E-state index contributed by atoms with van der Waals surface area (Å²) in [5.74, 6) is 1.50. The molecular weight excluding hydrogens is 381 g/mol. The lowest BCUT2D eigenvalue weighted by atomic mass is 10.2. The van der Waals surface area contributed by atoms with E-state index in [1.54, 1.807) is 11.0 Å². The Kier molecular flexibility index (Phi) is 5.36. The minimum Gasteiger partial charge on any atom is -0.363 e. The third-order valence-electron chi connectivity index (χ3n) is 4.02. The van der Waals surface area contributed by atoms with Crippen molar-refractivity contribution in [3.63, 3.8) is 0 Å². The van der Waals surface area contributed by atoms with Crippen LogP contribution in [-0.4, -0.2) is 61.0 Å². The predicted molar refractivity (Wildman–Crippen MR) is 104 cm³/mol. The fraction of sp³-hybridized carbons (Fsp3) is 0.438. The average Bonchev–Trinajstić information content (AvgIpc) is 2.92. The van der Waals surface area contributed by atoms with Gasteiger partial charge in [-0.15, -0.1) is 11.3 Å². The van der Waals surface area contributed by atoms with Crippen LogP contribution in [0.2, 0.25) is 8.67 Å². The minimum atomic E-state index is -0.0769. The number of halogens is 2. The zero-order valence-electron chi connectivity index (χ0n) is 14.3. The van der Waals surface area contributed by atoms with E-state index < -0.39 is 0 Å². The van der Waals surface area contributed by atoms with Crippen molar-refractivity contribution >= 4 is 52.2 Å². The van der Waals surface area contributed by atoms with Gasteiger partial charge >= 0.3 is 0 Å². The summed E-state index contributed by atoms with van der Waals surface area (Å²) in [4.78, 5) is 27.6. The number of carbonyl (C=O) groups is 1. The third kappa shape index (κ3) is 3.99. The van der Waals surface area contributed by atoms with Gasteiger partial charge < -0.3 is 14.7 Å². The summed E-state index contributed by atoms with van der Waals surface area (Å²) in [6.07, 6.45) is 0. The molecule has 0 spiro atoms. The maximum absolute atomic E-state index is 12.6. The normalized spacial score (nSPS) is 14.8. The van der Waals surface area contributed by atoms with E-state index in [-0.39, 0.29) is 5.91 Å². The Labute approximate surface area is 161 Å². The lowest BCUT2D eigenvalue weighted by Gasteiger charge is -2.35. The van der Waals surface area contributed by atoms with Gasteiger partial charge in [0, 0.05) is 52.0 Å². The van der Waals surface area contributed by atoms with E-state index in [1.807, 2.05) is 32.0 Å². The molecule has 2 aromatic heterocycles. The molecule has 0 saturated carbocycles. The highest BCUT2D eigenvalue weighted by molar-refractivity contribution is 7.20. The molecule has 0 atom stereocenters. The summed E-state index contributed by atoms with van der Waals surface area (Å²) >= 11 is 13.3. The first kappa shape index (κ1) is 18.2. The van der Waals surface area contributed by atoms with Gasteiger partial charge in [-0.2, -0.15) is 4.98 Å². The van der Waals surface area contributed by atoms with Crippen LogP contribution in [0.15, 0.2) is 12.1 Å². The zero-order valence-corrected chi connectivity index (χ0v) is 16.6. The molecule has 0 unspecified atom stereocenters. The van der Waals surface area contributed by atoms with Crippen molar-refractivity contribution in [3.05, 3.63) is 32.1 Å². The van der Waals surface area contributed by atoms with Crippen molar-refractivity contribution in [2.24, 2.45) is 0 Å². The van der Waals surface area contributed by atoms with Gasteiger partial charge in [0.25, 0.3) is 5.91 Å². The standard InChI is InChI=1S/C16H19Cl2N5OS/c1-10-8-13(21(2)3)20-16(19-10)23-6-4-22(5-7-23)15(24)11-9-12(17)25-14(11)18/h8-9H,4-7H2,1-3H3. The van der Waals surface area contributed by atoms with Crippen LogP contribution < -0.4 is 9.80 Å². The molecule has 1 aliphatic rings. The Hall–Kier alpha value is -1.57. The Bertz CT molecular complexity index is 787. The van der Waals surface area contributed by atoms with E-state index in [2.05, 4.69) is 14.9 Å². The molecule has 1 fully saturated rings. The van der Waals surface area contributed by atoms with E-state index in [1.165, 1.54) is 11.3 Å². The lowest BCUT2D eigenvalue weighted by Crippen LogP contribution is -2.49. The Balaban J connectivity index is 1.70. The van der Waals surface area contributed by atoms with E-state index in [0.717, 1.165) is 11.5 Å². The summed E-state index contributed by atoms with van der Waals surface area (Å²) in [6, 6.07) is 3.59. The quantitative estimate of drug-likeness (QED) is 0.792. The molecule has 1 aliphatic heterocycles. The van der Waals surface area contributed by atoms with Crippen LogP contribution in [0.4, 0.5) is 11.8 Å². The second kappa shape index (κ2) is 7.35. The molecule has 2 aromatic rings. The molecule has 0 aliphatic carbocycles. The summed E-state index contributed by atoms with van der Waals surface area (Å²) < 4.78 is 0.964. The van der Waals surface area contributed by atoms with E-state index in [0.29, 0.717) is 46.4 Å². The van der Waals surface area contributed by atoms with Crippen molar-refractivity contribution < 1.29 is 4.79 Å². The Morgan fingerprint density at radius 1 is 1.16 bits per heavy atom. The Morgan fingerprint density at radius 3 is 2.40 bits per heavy atom.